The van der Waals surface area contributed by atoms with Crippen molar-refractivity contribution in [2.75, 3.05) is 13.7 Å². The van der Waals surface area contributed by atoms with Crippen LogP contribution in [-0.4, -0.2) is 13.7 Å². The fourth-order valence-corrected chi connectivity index (χ4v) is 3.48. The summed E-state index contributed by atoms with van der Waals surface area (Å²) in [5.74, 6) is 1.76. The predicted octanol–water partition coefficient (Wildman–Crippen LogP) is 6.02. The Morgan fingerprint density at radius 1 is 0.964 bits per heavy atom. The van der Waals surface area contributed by atoms with Crippen molar-refractivity contribution in [2.24, 2.45) is 0 Å². The molecule has 0 unspecified atom stereocenters. The molecule has 0 aromatic heterocycles. The fraction of sp³-hybridized carbons (Fsp3) is 0.217. The van der Waals surface area contributed by atoms with Crippen LogP contribution in [0.2, 0.25) is 5.02 Å². The Morgan fingerprint density at radius 2 is 1.79 bits per heavy atom. The van der Waals surface area contributed by atoms with E-state index >= 15 is 0 Å². The molecule has 0 bridgehead atoms. The van der Waals surface area contributed by atoms with E-state index in [1.807, 2.05) is 48.5 Å². The van der Waals surface area contributed by atoms with Gasteiger partial charge in [0.2, 0.25) is 0 Å². The van der Waals surface area contributed by atoms with Gasteiger partial charge in [0, 0.05) is 21.6 Å². The van der Waals surface area contributed by atoms with Crippen molar-refractivity contribution in [3.8, 4) is 11.5 Å². The summed E-state index contributed by atoms with van der Waals surface area (Å²) in [5.41, 5.74) is 3.44. The molecule has 3 nitrogen and oxygen atoms in total. The number of hydrogen-bond donors (Lipinski definition) is 1. The van der Waals surface area contributed by atoms with Crippen molar-refractivity contribution in [3.63, 3.8) is 0 Å². The number of halogens is 2. The normalized spacial score (nSPS) is 10.7. The first-order valence-electron chi connectivity index (χ1n) is 9.13. The highest BCUT2D eigenvalue weighted by Crippen LogP contribution is 2.24. The third-order valence-electron chi connectivity index (χ3n) is 4.37. The minimum Gasteiger partial charge on any atom is -0.497 e. The van der Waals surface area contributed by atoms with Crippen molar-refractivity contribution in [1.82, 2.24) is 5.32 Å². The third-order valence-corrected chi connectivity index (χ3v) is 5.10. The molecule has 3 rings (SSSR count). The second-order valence-electron chi connectivity index (χ2n) is 6.45. The van der Waals surface area contributed by atoms with Gasteiger partial charge in [0.1, 0.15) is 18.1 Å². The Balaban J connectivity index is 1.54. The molecule has 3 aromatic carbocycles. The number of methoxy groups -OCH3 is 1. The highest BCUT2D eigenvalue weighted by atomic mass is 79.9. The molecule has 0 amide bonds. The van der Waals surface area contributed by atoms with Crippen molar-refractivity contribution in [2.45, 2.75) is 19.6 Å². The molecule has 0 spiro atoms. The number of ether oxygens (including phenoxy) is 2. The standard InChI is InChI=1S/C23H23BrClNO2/c1-27-22-8-5-17(6-9-22)11-12-26-15-19-14-20(24)7-10-23(19)28-16-18-3-2-4-21(25)13-18/h2-10,13-14,26H,11-12,15-16H2,1H3. The molecule has 0 aliphatic rings. The van der Waals surface area contributed by atoms with E-state index in [-0.39, 0.29) is 0 Å². The van der Waals surface area contributed by atoms with Gasteiger partial charge in [-0.2, -0.15) is 0 Å². The summed E-state index contributed by atoms with van der Waals surface area (Å²) in [7, 11) is 1.68. The molecule has 146 valence electrons. The van der Waals surface area contributed by atoms with E-state index in [1.54, 1.807) is 7.11 Å². The van der Waals surface area contributed by atoms with Crippen molar-refractivity contribution < 1.29 is 9.47 Å². The molecule has 0 aliphatic carbocycles. The van der Waals surface area contributed by atoms with Gasteiger partial charge in [0.25, 0.3) is 0 Å². The second-order valence-corrected chi connectivity index (χ2v) is 7.80. The lowest BCUT2D eigenvalue weighted by atomic mass is 10.1. The quantitative estimate of drug-likeness (QED) is 0.396. The summed E-state index contributed by atoms with van der Waals surface area (Å²) in [6, 6.07) is 22.0. The molecule has 0 radical (unpaired) electrons. The van der Waals surface area contributed by atoms with E-state index in [9.17, 15) is 0 Å². The first-order valence-corrected chi connectivity index (χ1v) is 10.3. The Hall–Kier alpha value is -2.01. The van der Waals surface area contributed by atoms with Gasteiger partial charge in [0.05, 0.1) is 7.11 Å². The Morgan fingerprint density at radius 3 is 2.54 bits per heavy atom. The molecular formula is C23H23BrClNO2. The number of hydrogen-bond acceptors (Lipinski definition) is 3. The molecule has 0 saturated heterocycles. The van der Waals surface area contributed by atoms with E-state index in [0.717, 1.165) is 51.6 Å². The smallest absolute Gasteiger partial charge is 0.124 e. The SMILES string of the molecule is COc1ccc(CCNCc2cc(Br)ccc2OCc2cccc(Cl)c2)cc1. The molecule has 0 saturated carbocycles. The van der Waals surface area contributed by atoms with Crippen LogP contribution in [0.15, 0.2) is 71.2 Å². The minimum atomic E-state index is 0.487. The van der Waals surface area contributed by atoms with E-state index in [2.05, 4.69) is 39.4 Å². The fourth-order valence-electron chi connectivity index (χ4n) is 2.86. The summed E-state index contributed by atoms with van der Waals surface area (Å²) >= 11 is 9.60. The highest BCUT2D eigenvalue weighted by molar-refractivity contribution is 9.10. The average molecular weight is 461 g/mol. The maximum absolute atomic E-state index is 6.05. The Kier molecular flexibility index (Phi) is 7.78. The van der Waals surface area contributed by atoms with Crippen molar-refractivity contribution in [3.05, 3.63) is 92.9 Å². The van der Waals surface area contributed by atoms with E-state index in [4.69, 9.17) is 21.1 Å². The zero-order valence-electron chi connectivity index (χ0n) is 15.8. The van der Waals surface area contributed by atoms with Crippen LogP contribution in [-0.2, 0) is 19.6 Å². The lowest BCUT2D eigenvalue weighted by molar-refractivity contribution is 0.302. The molecule has 0 atom stereocenters. The highest BCUT2D eigenvalue weighted by Gasteiger charge is 2.06. The zero-order chi connectivity index (χ0) is 19.8. The molecule has 3 aromatic rings. The average Bonchev–Trinajstić information content (AvgIpc) is 2.71. The van der Waals surface area contributed by atoms with Gasteiger partial charge >= 0.3 is 0 Å². The van der Waals surface area contributed by atoms with E-state index in [1.165, 1.54) is 5.56 Å². The molecule has 0 aliphatic heterocycles. The van der Waals surface area contributed by atoms with Crippen molar-refractivity contribution >= 4 is 27.5 Å². The zero-order valence-corrected chi connectivity index (χ0v) is 18.1. The van der Waals surface area contributed by atoms with Crippen LogP contribution in [0, 0.1) is 0 Å². The molecule has 0 fully saturated rings. The van der Waals surface area contributed by atoms with Crippen LogP contribution in [0.5, 0.6) is 11.5 Å². The van der Waals surface area contributed by atoms with Gasteiger partial charge < -0.3 is 14.8 Å². The first kappa shape index (κ1) is 20.7. The van der Waals surface area contributed by atoms with Gasteiger partial charge in [-0.3, -0.25) is 0 Å². The largest absolute Gasteiger partial charge is 0.497 e. The van der Waals surface area contributed by atoms with Gasteiger partial charge in [-0.25, -0.2) is 0 Å². The molecular weight excluding hydrogens is 438 g/mol. The van der Waals surface area contributed by atoms with Crippen molar-refractivity contribution in [1.29, 1.82) is 0 Å². The second kappa shape index (κ2) is 10.5. The summed E-state index contributed by atoms with van der Waals surface area (Å²) in [6.45, 7) is 2.11. The van der Waals surface area contributed by atoms with E-state index < -0.39 is 0 Å². The Labute approximate surface area is 179 Å². The molecule has 28 heavy (non-hydrogen) atoms. The topological polar surface area (TPSA) is 30.5 Å². The molecule has 5 heteroatoms. The first-order chi connectivity index (χ1) is 13.6. The van der Waals surface area contributed by atoms with Gasteiger partial charge in [-0.1, -0.05) is 51.8 Å². The van der Waals surface area contributed by atoms with Crippen LogP contribution in [0.4, 0.5) is 0 Å². The summed E-state index contributed by atoms with van der Waals surface area (Å²) in [4.78, 5) is 0. The maximum Gasteiger partial charge on any atom is 0.124 e. The number of benzene rings is 3. The third kappa shape index (κ3) is 6.26. The lowest BCUT2D eigenvalue weighted by Gasteiger charge is -2.13. The Bertz CT molecular complexity index is 899. The summed E-state index contributed by atoms with van der Waals surface area (Å²) < 4.78 is 12.3. The van der Waals surface area contributed by atoms with Crippen LogP contribution in [0.3, 0.4) is 0 Å². The predicted molar refractivity (Wildman–Crippen MR) is 118 cm³/mol. The van der Waals surface area contributed by atoms with Crippen LogP contribution >= 0.6 is 27.5 Å². The van der Waals surface area contributed by atoms with Gasteiger partial charge in [-0.05, 0) is 66.6 Å². The van der Waals surface area contributed by atoms with Crippen LogP contribution < -0.4 is 14.8 Å². The minimum absolute atomic E-state index is 0.487. The van der Waals surface area contributed by atoms with Crippen LogP contribution in [0.25, 0.3) is 0 Å². The number of nitrogens with one attached hydrogen (secondary N) is 1. The van der Waals surface area contributed by atoms with E-state index in [0.29, 0.717) is 6.61 Å². The summed E-state index contributed by atoms with van der Waals surface area (Å²) in [6.07, 6.45) is 0.955. The monoisotopic (exact) mass is 459 g/mol. The molecule has 1 N–H and O–H groups in total. The van der Waals surface area contributed by atoms with Gasteiger partial charge in [-0.15, -0.1) is 0 Å². The molecule has 0 heterocycles. The van der Waals surface area contributed by atoms with Gasteiger partial charge in [0.15, 0.2) is 0 Å². The van der Waals surface area contributed by atoms with Crippen LogP contribution in [0.1, 0.15) is 16.7 Å². The lowest BCUT2D eigenvalue weighted by Crippen LogP contribution is -2.17. The summed E-state index contributed by atoms with van der Waals surface area (Å²) in [5, 5.41) is 4.22. The number of rotatable bonds is 9. The maximum atomic E-state index is 6.05.